The molecule has 0 aliphatic heterocycles. The minimum atomic E-state index is -1.19. The molecule has 4 heteroatoms. The highest BCUT2D eigenvalue weighted by molar-refractivity contribution is 6.48. The van der Waals surface area contributed by atoms with Gasteiger partial charge in [0.15, 0.2) is 5.78 Å². The predicted molar refractivity (Wildman–Crippen MR) is 87.3 cm³/mol. The molecular weight excluding hydrogens is 266 g/mol. The van der Waals surface area contributed by atoms with Crippen molar-refractivity contribution in [3.8, 4) is 0 Å². The third kappa shape index (κ3) is 4.19. The van der Waals surface area contributed by atoms with Gasteiger partial charge in [0.2, 0.25) is 9.04 Å². The number of hydrogen-bond donors (Lipinski definition) is 0. The number of likely N-dealkylation sites (N-methyl/N-ethyl adjacent to an activating group) is 1. The van der Waals surface area contributed by atoms with Crippen LogP contribution in [0.1, 0.15) is 41.0 Å². The van der Waals surface area contributed by atoms with E-state index >= 15 is 0 Å². The van der Waals surface area contributed by atoms with Gasteiger partial charge in [-0.05, 0) is 31.6 Å². The van der Waals surface area contributed by atoms with Gasteiger partial charge in [-0.2, -0.15) is 0 Å². The summed E-state index contributed by atoms with van der Waals surface area (Å²) in [5, 5.41) is 0. The van der Waals surface area contributed by atoms with E-state index in [0.29, 0.717) is 12.2 Å². The lowest BCUT2D eigenvalue weighted by atomic mass is 9.79. The first-order valence-corrected chi connectivity index (χ1v) is 10.6. The second-order valence-electron chi connectivity index (χ2n) is 7.02. The van der Waals surface area contributed by atoms with Crippen LogP contribution in [0, 0.1) is 11.3 Å². The molecule has 1 aliphatic rings. The van der Waals surface area contributed by atoms with Crippen LogP contribution in [-0.4, -0.2) is 39.4 Å². The van der Waals surface area contributed by atoms with Crippen LogP contribution < -0.4 is 0 Å². The standard InChI is InChI=1S/C16H31NO2Si/c1-8-17(9-2)11-12-14(18)10-13(16(3,4)5)15(12)19-20(6)7/h13,20H,8-11H2,1-7H3/t13-/m0/s1. The molecular formula is C16H31NO2Si. The van der Waals surface area contributed by atoms with Gasteiger partial charge in [0.1, 0.15) is 0 Å². The first-order valence-electron chi connectivity index (χ1n) is 7.85. The highest BCUT2D eigenvalue weighted by atomic mass is 28.3. The van der Waals surface area contributed by atoms with Crippen molar-refractivity contribution in [2.45, 2.75) is 54.1 Å². The molecule has 20 heavy (non-hydrogen) atoms. The van der Waals surface area contributed by atoms with E-state index in [1.54, 1.807) is 0 Å². The zero-order valence-electron chi connectivity index (χ0n) is 14.2. The molecule has 1 aliphatic carbocycles. The van der Waals surface area contributed by atoms with E-state index in [4.69, 9.17) is 4.43 Å². The van der Waals surface area contributed by atoms with E-state index in [2.05, 4.69) is 52.6 Å². The largest absolute Gasteiger partial charge is 0.549 e. The highest BCUT2D eigenvalue weighted by Crippen LogP contribution is 2.42. The summed E-state index contributed by atoms with van der Waals surface area (Å²) in [4.78, 5) is 14.7. The van der Waals surface area contributed by atoms with Crippen molar-refractivity contribution in [1.82, 2.24) is 4.90 Å². The lowest BCUT2D eigenvalue weighted by Gasteiger charge is -2.30. The van der Waals surface area contributed by atoms with Gasteiger partial charge in [-0.25, -0.2) is 0 Å². The number of allylic oxidation sites excluding steroid dienone is 1. The zero-order chi connectivity index (χ0) is 15.5. The van der Waals surface area contributed by atoms with Crippen LogP contribution in [-0.2, 0) is 9.22 Å². The second kappa shape index (κ2) is 6.90. The van der Waals surface area contributed by atoms with Crippen molar-refractivity contribution in [2.75, 3.05) is 19.6 Å². The minimum Gasteiger partial charge on any atom is -0.549 e. The lowest BCUT2D eigenvalue weighted by molar-refractivity contribution is -0.116. The molecule has 0 aromatic heterocycles. The smallest absolute Gasteiger partial charge is 0.229 e. The van der Waals surface area contributed by atoms with Crippen LogP contribution in [0.3, 0.4) is 0 Å². The van der Waals surface area contributed by atoms with E-state index in [-0.39, 0.29) is 11.3 Å². The fraction of sp³-hybridized carbons (Fsp3) is 0.812. The third-order valence-electron chi connectivity index (χ3n) is 4.02. The van der Waals surface area contributed by atoms with Gasteiger partial charge in [-0.3, -0.25) is 9.69 Å². The molecule has 0 saturated heterocycles. The Morgan fingerprint density at radius 2 is 1.80 bits per heavy atom. The van der Waals surface area contributed by atoms with Gasteiger partial charge in [0.25, 0.3) is 0 Å². The van der Waals surface area contributed by atoms with E-state index in [1.165, 1.54) is 0 Å². The second-order valence-corrected chi connectivity index (χ2v) is 9.35. The molecule has 0 heterocycles. The maximum Gasteiger partial charge on any atom is 0.229 e. The van der Waals surface area contributed by atoms with Crippen LogP contribution in [0.25, 0.3) is 0 Å². The van der Waals surface area contributed by atoms with E-state index < -0.39 is 9.04 Å². The van der Waals surface area contributed by atoms with Crippen LogP contribution in [0.4, 0.5) is 0 Å². The van der Waals surface area contributed by atoms with Crippen LogP contribution in [0.2, 0.25) is 13.1 Å². The van der Waals surface area contributed by atoms with Crippen molar-refractivity contribution >= 4 is 14.8 Å². The number of nitrogens with zero attached hydrogens (tertiary/aromatic N) is 1. The summed E-state index contributed by atoms with van der Waals surface area (Å²) in [6, 6.07) is 0. The Hall–Kier alpha value is -0.613. The molecule has 0 aromatic rings. The summed E-state index contributed by atoms with van der Waals surface area (Å²) in [5.41, 5.74) is 1.02. The number of hydrogen-bond acceptors (Lipinski definition) is 3. The fourth-order valence-corrected chi connectivity index (χ4v) is 3.51. The van der Waals surface area contributed by atoms with Crippen molar-refractivity contribution < 1.29 is 9.22 Å². The Labute approximate surface area is 126 Å². The molecule has 0 bridgehead atoms. The maximum atomic E-state index is 12.4. The number of carbonyl (C=O) groups is 1. The number of Topliss-reactive ketones (excluding diaryl/α,β-unsaturated/α-hetero) is 1. The SMILES string of the molecule is CCN(CC)CC1=C(O[SiH](C)C)[C@@H](C(C)(C)C)CC1=O. The van der Waals surface area contributed by atoms with Crippen molar-refractivity contribution in [2.24, 2.45) is 11.3 Å². The van der Waals surface area contributed by atoms with E-state index in [9.17, 15) is 4.79 Å². The van der Waals surface area contributed by atoms with Crippen molar-refractivity contribution in [1.29, 1.82) is 0 Å². The van der Waals surface area contributed by atoms with E-state index in [1.807, 2.05) is 0 Å². The number of rotatable bonds is 6. The van der Waals surface area contributed by atoms with Gasteiger partial charge < -0.3 is 4.43 Å². The predicted octanol–water partition coefficient (Wildman–Crippen LogP) is 3.22. The minimum absolute atomic E-state index is 0.0826. The van der Waals surface area contributed by atoms with Gasteiger partial charge in [0, 0.05) is 24.5 Å². The average molecular weight is 298 g/mol. The molecule has 0 spiro atoms. The Kier molecular flexibility index (Phi) is 6.01. The van der Waals surface area contributed by atoms with E-state index in [0.717, 1.165) is 31.0 Å². The van der Waals surface area contributed by atoms with Crippen molar-refractivity contribution in [3.05, 3.63) is 11.3 Å². The molecule has 116 valence electrons. The molecule has 3 nitrogen and oxygen atoms in total. The molecule has 0 unspecified atom stereocenters. The zero-order valence-corrected chi connectivity index (χ0v) is 15.4. The summed E-state index contributed by atoms with van der Waals surface area (Å²) >= 11 is 0. The number of carbonyl (C=O) groups excluding carboxylic acids is 1. The molecule has 0 fully saturated rings. The molecule has 0 aromatic carbocycles. The third-order valence-corrected chi connectivity index (χ3v) is 4.75. The Morgan fingerprint density at radius 1 is 1.25 bits per heavy atom. The van der Waals surface area contributed by atoms with Crippen LogP contribution >= 0.6 is 0 Å². The maximum absolute atomic E-state index is 12.4. The van der Waals surface area contributed by atoms with Crippen molar-refractivity contribution in [3.63, 3.8) is 0 Å². The first kappa shape index (κ1) is 17.4. The molecule has 0 N–H and O–H groups in total. The molecule has 1 rings (SSSR count). The van der Waals surface area contributed by atoms with Gasteiger partial charge in [0.05, 0.1) is 5.76 Å². The molecule has 0 amide bonds. The topological polar surface area (TPSA) is 29.5 Å². The molecule has 0 radical (unpaired) electrons. The quantitative estimate of drug-likeness (QED) is 0.705. The van der Waals surface area contributed by atoms with Crippen LogP contribution in [0.5, 0.6) is 0 Å². The average Bonchev–Trinajstić information content (AvgIpc) is 2.62. The summed E-state index contributed by atoms with van der Waals surface area (Å²) in [6.45, 7) is 17.9. The van der Waals surface area contributed by atoms with Gasteiger partial charge >= 0.3 is 0 Å². The fourth-order valence-electron chi connectivity index (χ4n) is 2.69. The monoisotopic (exact) mass is 297 g/mol. The molecule has 0 saturated carbocycles. The van der Waals surface area contributed by atoms with Crippen LogP contribution in [0.15, 0.2) is 11.3 Å². The Morgan fingerprint density at radius 3 is 2.20 bits per heavy atom. The summed E-state index contributed by atoms with van der Waals surface area (Å²) < 4.78 is 6.19. The first-order chi connectivity index (χ1) is 9.20. The Balaban J connectivity index is 3.10. The number of ketones is 1. The summed E-state index contributed by atoms with van der Waals surface area (Å²) in [6.07, 6.45) is 0.622. The highest BCUT2D eigenvalue weighted by Gasteiger charge is 2.40. The van der Waals surface area contributed by atoms with Gasteiger partial charge in [-0.1, -0.05) is 34.6 Å². The molecule has 1 atom stereocenters. The summed E-state index contributed by atoms with van der Waals surface area (Å²) in [5.74, 6) is 1.55. The summed E-state index contributed by atoms with van der Waals surface area (Å²) in [7, 11) is -1.19. The normalized spacial score (nSPS) is 20.4. The lowest BCUT2D eigenvalue weighted by Crippen LogP contribution is -2.28. The Bertz CT molecular complexity index is 378. The van der Waals surface area contributed by atoms with Gasteiger partial charge in [-0.15, -0.1) is 0 Å².